The largest absolute Gasteiger partial charge is 0.355 e. The van der Waals surface area contributed by atoms with Gasteiger partial charge in [-0.2, -0.15) is 5.26 Å². The Balaban J connectivity index is 2.29. The highest BCUT2D eigenvalue weighted by Crippen LogP contribution is 2.27. The molecule has 1 aliphatic heterocycles. The number of hydrogen-bond acceptors (Lipinski definition) is 6. The molecule has 0 aromatic carbocycles. The molecule has 0 amide bonds. The standard InChI is InChI=1S/C13H17N5O2/c1-2-9-8-17(4-3-12(9)15)13-10(6-14)5-11(7-16-13)18(19)20/h5,7,9,12H,2-4,8,15H2,1H3. The molecule has 1 aliphatic rings. The van der Waals surface area contributed by atoms with E-state index in [1.54, 1.807) is 0 Å². The minimum atomic E-state index is -0.543. The van der Waals surface area contributed by atoms with Gasteiger partial charge in [-0.25, -0.2) is 4.98 Å². The summed E-state index contributed by atoms with van der Waals surface area (Å²) in [5, 5.41) is 19.9. The van der Waals surface area contributed by atoms with E-state index in [0.717, 1.165) is 25.9 Å². The Bertz CT molecular complexity index is 554. The molecular weight excluding hydrogens is 258 g/mol. The molecule has 1 saturated heterocycles. The van der Waals surface area contributed by atoms with Crippen molar-refractivity contribution >= 4 is 11.5 Å². The highest BCUT2D eigenvalue weighted by molar-refractivity contribution is 5.57. The van der Waals surface area contributed by atoms with Crippen LogP contribution in [0.2, 0.25) is 0 Å². The van der Waals surface area contributed by atoms with Crippen molar-refractivity contribution < 1.29 is 4.92 Å². The second-order valence-corrected chi connectivity index (χ2v) is 5.00. The summed E-state index contributed by atoms with van der Waals surface area (Å²) in [5.41, 5.74) is 6.14. The van der Waals surface area contributed by atoms with Crippen LogP contribution in [0.5, 0.6) is 0 Å². The number of pyridine rings is 1. The second-order valence-electron chi connectivity index (χ2n) is 5.00. The molecule has 106 valence electrons. The summed E-state index contributed by atoms with van der Waals surface area (Å²) in [5.74, 6) is 0.871. The lowest BCUT2D eigenvalue weighted by atomic mass is 9.90. The summed E-state index contributed by atoms with van der Waals surface area (Å²) in [6.45, 7) is 3.54. The summed E-state index contributed by atoms with van der Waals surface area (Å²) in [6.07, 6.45) is 3.00. The summed E-state index contributed by atoms with van der Waals surface area (Å²) in [4.78, 5) is 16.3. The van der Waals surface area contributed by atoms with Gasteiger partial charge in [0.05, 0.1) is 4.92 Å². The van der Waals surface area contributed by atoms with Crippen molar-refractivity contribution in [2.24, 2.45) is 11.7 Å². The molecule has 20 heavy (non-hydrogen) atoms. The number of nitro groups is 1. The van der Waals surface area contributed by atoms with Crippen LogP contribution in [-0.2, 0) is 0 Å². The van der Waals surface area contributed by atoms with Crippen molar-refractivity contribution in [3.63, 3.8) is 0 Å². The molecule has 2 heterocycles. The summed E-state index contributed by atoms with van der Waals surface area (Å²) < 4.78 is 0. The van der Waals surface area contributed by atoms with Crippen molar-refractivity contribution in [2.75, 3.05) is 18.0 Å². The Kier molecular flexibility index (Phi) is 4.15. The quantitative estimate of drug-likeness (QED) is 0.660. The number of anilines is 1. The third-order valence-corrected chi connectivity index (χ3v) is 3.80. The van der Waals surface area contributed by atoms with Crippen molar-refractivity contribution in [2.45, 2.75) is 25.8 Å². The molecule has 1 aromatic heterocycles. The van der Waals surface area contributed by atoms with E-state index < -0.39 is 4.92 Å². The number of rotatable bonds is 3. The highest BCUT2D eigenvalue weighted by Gasteiger charge is 2.27. The molecule has 1 fully saturated rings. The fourth-order valence-corrected chi connectivity index (χ4v) is 2.56. The number of aromatic nitrogens is 1. The first kappa shape index (κ1) is 14.2. The monoisotopic (exact) mass is 275 g/mol. The number of piperidine rings is 1. The van der Waals surface area contributed by atoms with Crippen molar-refractivity contribution in [1.29, 1.82) is 5.26 Å². The zero-order chi connectivity index (χ0) is 14.7. The van der Waals surface area contributed by atoms with E-state index in [-0.39, 0.29) is 17.3 Å². The van der Waals surface area contributed by atoms with Crippen LogP contribution in [0.1, 0.15) is 25.3 Å². The van der Waals surface area contributed by atoms with Crippen molar-refractivity contribution in [1.82, 2.24) is 4.98 Å². The fraction of sp³-hybridized carbons (Fsp3) is 0.538. The molecule has 0 spiro atoms. The predicted molar refractivity (Wildman–Crippen MR) is 74.2 cm³/mol. The molecule has 0 radical (unpaired) electrons. The summed E-state index contributed by atoms with van der Waals surface area (Å²) in [6, 6.07) is 3.43. The molecule has 2 atom stereocenters. The van der Waals surface area contributed by atoms with E-state index in [2.05, 4.69) is 11.9 Å². The van der Waals surface area contributed by atoms with E-state index in [1.807, 2.05) is 11.0 Å². The van der Waals surface area contributed by atoms with Crippen molar-refractivity contribution in [3.8, 4) is 6.07 Å². The van der Waals surface area contributed by atoms with E-state index in [0.29, 0.717) is 11.7 Å². The van der Waals surface area contributed by atoms with E-state index in [1.165, 1.54) is 12.3 Å². The Hall–Kier alpha value is -2.20. The zero-order valence-corrected chi connectivity index (χ0v) is 11.3. The van der Waals surface area contributed by atoms with Gasteiger partial charge < -0.3 is 10.6 Å². The van der Waals surface area contributed by atoms with Crippen LogP contribution < -0.4 is 10.6 Å². The smallest absolute Gasteiger partial charge is 0.289 e. The summed E-state index contributed by atoms with van der Waals surface area (Å²) in [7, 11) is 0. The van der Waals surface area contributed by atoms with Gasteiger partial charge in [-0.3, -0.25) is 10.1 Å². The topological polar surface area (TPSA) is 109 Å². The molecule has 7 heteroatoms. The number of nitriles is 1. The maximum absolute atomic E-state index is 10.7. The first-order valence-corrected chi connectivity index (χ1v) is 6.61. The van der Waals surface area contributed by atoms with Gasteiger partial charge in [0.2, 0.25) is 0 Å². The Morgan fingerprint density at radius 3 is 3.05 bits per heavy atom. The SMILES string of the molecule is CCC1CN(c2ncc([N+](=O)[O-])cc2C#N)CCC1N. The Morgan fingerprint density at radius 2 is 2.45 bits per heavy atom. The van der Waals surface area contributed by atoms with Gasteiger partial charge in [0, 0.05) is 25.2 Å². The van der Waals surface area contributed by atoms with Crippen LogP contribution in [0.15, 0.2) is 12.3 Å². The molecule has 1 aromatic rings. The first-order chi connectivity index (χ1) is 9.56. The second kappa shape index (κ2) is 5.84. The third-order valence-electron chi connectivity index (χ3n) is 3.80. The average Bonchev–Trinajstić information content (AvgIpc) is 2.47. The lowest BCUT2D eigenvalue weighted by Gasteiger charge is -2.37. The molecular formula is C13H17N5O2. The number of nitrogens with two attached hydrogens (primary N) is 1. The molecule has 2 N–H and O–H groups in total. The normalized spacial score (nSPS) is 22.4. The van der Waals surface area contributed by atoms with Gasteiger partial charge >= 0.3 is 0 Å². The average molecular weight is 275 g/mol. The molecule has 2 unspecified atom stereocenters. The van der Waals surface area contributed by atoms with Crippen LogP contribution in [0.25, 0.3) is 0 Å². The molecule has 0 saturated carbocycles. The number of hydrogen-bond donors (Lipinski definition) is 1. The lowest BCUT2D eigenvalue weighted by molar-refractivity contribution is -0.385. The minimum Gasteiger partial charge on any atom is -0.355 e. The summed E-state index contributed by atoms with van der Waals surface area (Å²) >= 11 is 0. The van der Waals surface area contributed by atoms with Crippen LogP contribution in [0.4, 0.5) is 11.5 Å². The van der Waals surface area contributed by atoms with Gasteiger partial charge in [-0.05, 0) is 12.3 Å². The molecule has 0 aliphatic carbocycles. The van der Waals surface area contributed by atoms with E-state index in [9.17, 15) is 10.1 Å². The first-order valence-electron chi connectivity index (χ1n) is 6.61. The van der Waals surface area contributed by atoms with Crippen LogP contribution in [0, 0.1) is 27.4 Å². The van der Waals surface area contributed by atoms with Crippen LogP contribution in [-0.4, -0.2) is 29.0 Å². The molecule has 2 rings (SSSR count). The minimum absolute atomic E-state index is 0.161. The van der Waals surface area contributed by atoms with Gasteiger partial charge in [-0.15, -0.1) is 0 Å². The maximum atomic E-state index is 10.7. The Labute approximate surface area is 117 Å². The van der Waals surface area contributed by atoms with E-state index >= 15 is 0 Å². The fourth-order valence-electron chi connectivity index (χ4n) is 2.56. The molecule has 7 nitrogen and oxygen atoms in total. The van der Waals surface area contributed by atoms with Gasteiger partial charge in [0.1, 0.15) is 23.6 Å². The van der Waals surface area contributed by atoms with Gasteiger partial charge in [0.15, 0.2) is 0 Å². The van der Waals surface area contributed by atoms with Crippen LogP contribution in [0.3, 0.4) is 0 Å². The highest BCUT2D eigenvalue weighted by atomic mass is 16.6. The maximum Gasteiger partial charge on any atom is 0.289 e. The molecule has 0 bridgehead atoms. The van der Waals surface area contributed by atoms with E-state index in [4.69, 9.17) is 11.0 Å². The predicted octanol–water partition coefficient (Wildman–Crippen LogP) is 1.43. The van der Waals surface area contributed by atoms with Crippen molar-refractivity contribution in [3.05, 3.63) is 27.9 Å². The Morgan fingerprint density at radius 1 is 1.70 bits per heavy atom. The zero-order valence-electron chi connectivity index (χ0n) is 11.3. The van der Waals surface area contributed by atoms with Crippen LogP contribution >= 0.6 is 0 Å². The number of nitrogens with zero attached hydrogens (tertiary/aromatic N) is 4. The lowest BCUT2D eigenvalue weighted by Crippen LogP contribution is -2.47. The third kappa shape index (κ3) is 2.70. The van der Waals surface area contributed by atoms with Gasteiger partial charge in [0.25, 0.3) is 5.69 Å². The van der Waals surface area contributed by atoms with Gasteiger partial charge in [-0.1, -0.05) is 13.3 Å².